The first-order chi connectivity index (χ1) is 5.24. The molecule has 0 bridgehead atoms. The molecule has 1 unspecified atom stereocenters. The van der Waals surface area contributed by atoms with Crippen molar-refractivity contribution in [2.75, 3.05) is 0 Å². The topological polar surface area (TPSA) is 29.1 Å². The summed E-state index contributed by atoms with van der Waals surface area (Å²) in [6.07, 6.45) is 4.45. The van der Waals surface area contributed by atoms with E-state index in [-0.39, 0.29) is 10.7 Å². The van der Waals surface area contributed by atoms with E-state index < -0.39 is 0 Å². The van der Waals surface area contributed by atoms with Crippen LogP contribution in [0, 0.1) is 0 Å². The van der Waals surface area contributed by atoms with Crippen molar-refractivity contribution in [1.82, 2.24) is 5.32 Å². The molecule has 0 saturated heterocycles. The van der Waals surface area contributed by atoms with Crippen LogP contribution in [-0.2, 0) is 4.79 Å². The molecule has 2 nitrogen and oxygen atoms in total. The predicted octanol–water partition coefficient (Wildman–Crippen LogP) is 1.83. The van der Waals surface area contributed by atoms with Gasteiger partial charge in [0.15, 0.2) is 0 Å². The Morgan fingerprint density at radius 2 is 2.36 bits per heavy atom. The van der Waals surface area contributed by atoms with E-state index in [0.717, 1.165) is 19.3 Å². The highest BCUT2D eigenvalue weighted by Crippen LogP contribution is 2.18. The van der Waals surface area contributed by atoms with Gasteiger partial charge in [-0.25, -0.2) is 0 Å². The largest absolute Gasteiger partial charge is 0.352 e. The highest BCUT2D eigenvalue weighted by atomic mass is 79.9. The van der Waals surface area contributed by atoms with E-state index in [1.165, 1.54) is 6.42 Å². The normalized spacial score (nSPS) is 20.5. The van der Waals surface area contributed by atoms with E-state index >= 15 is 0 Å². The number of hydrogen-bond acceptors (Lipinski definition) is 1. The minimum atomic E-state index is 0.00287. The third kappa shape index (κ3) is 2.47. The number of carbonyl (C=O) groups is 1. The Hall–Kier alpha value is -0.0500. The van der Waals surface area contributed by atoms with Crippen molar-refractivity contribution >= 4 is 21.8 Å². The number of carbonyl (C=O) groups excluding carboxylic acids is 1. The molecule has 0 aromatic heterocycles. The van der Waals surface area contributed by atoms with Crippen LogP contribution in [0.3, 0.4) is 0 Å². The highest BCUT2D eigenvalue weighted by molar-refractivity contribution is 9.10. The molecule has 11 heavy (non-hydrogen) atoms. The van der Waals surface area contributed by atoms with Crippen molar-refractivity contribution in [3.8, 4) is 0 Å². The fourth-order valence-electron chi connectivity index (χ4n) is 1.03. The van der Waals surface area contributed by atoms with E-state index in [9.17, 15) is 4.79 Å². The number of nitrogens with one attached hydrogen (secondary N) is 1. The summed E-state index contributed by atoms with van der Waals surface area (Å²) in [4.78, 5) is 11.2. The molecule has 0 heterocycles. The van der Waals surface area contributed by atoms with E-state index in [1.807, 2.05) is 6.92 Å². The molecule has 0 radical (unpaired) electrons. The molecule has 1 N–H and O–H groups in total. The van der Waals surface area contributed by atoms with E-state index in [1.54, 1.807) is 0 Å². The zero-order valence-electron chi connectivity index (χ0n) is 6.77. The number of amides is 1. The molecular formula is C8H14BrNO. The second kappa shape index (κ2) is 4.10. The lowest BCUT2D eigenvalue weighted by atomic mass is 9.93. The van der Waals surface area contributed by atoms with Crippen LogP contribution >= 0.6 is 15.9 Å². The molecule has 0 aromatic carbocycles. The quantitative estimate of drug-likeness (QED) is 0.722. The smallest absolute Gasteiger partial charge is 0.233 e. The maximum absolute atomic E-state index is 11.2. The first-order valence-electron chi connectivity index (χ1n) is 4.18. The molecule has 0 aliphatic heterocycles. The molecule has 0 aromatic rings. The van der Waals surface area contributed by atoms with Crippen molar-refractivity contribution in [3.05, 3.63) is 0 Å². The zero-order valence-corrected chi connectivity index (χ0v) is 8.36. The fourth-order valence-corrected chi connectivity index (χ4v) is 1.16. The van der Waals surface area contributed by atoms with E-state index in [2.05, 4.69) is 21.2 Å². The van der Waals surface area contributed by atoms with Gasteiger partial charge in [0.1, 0.15) is 0 Å². The Balaban J connectivity index is 2.19. The third-order valence-electron chi connectivity index (χ3n) is 2.09. The summed E-state index contributed by atoms with van der Waals surface area (Å²) in [5, 5.41) is 2.98. The van der Waals surface area contributed by atoms with E-state index in [0.29, 0.717) is 6.04 Å². The molecule has 0 spiro atoms. The molecule has 1 rings (SSSR count). The van der Waals surface area contributed by atoms with Gasteiger partial charge in [0.2, 0.25) is 5.91 Å². The van der Waals surface area contributed by atoms with Crippen molar-refractivity contribution < 1.29 is 4.79 Å². The van der Waals surface area contributed by atoms with Gasteiger partial charge in [0.05, 0.1) is 4.83 Å². The maximum Gasteiger partial charge on any atom is 0.233 e. The molecular weight excluding hydrogens is 206 g/mol. The summed E-state index contributed by atoms with van der Waals surface area (Å²) in [5.74, 6) is 0.150. The lowest BCUT2D eigenvalue weighted by molar-refractivity contribution is -0.121. The molecule has 1 fully saturated rings. The van der Waals surface area contributed by atoms with Crippen LogP contribution in [0.2, 0.25) is 0 Å². The number of hydrogen-bond donors (Lipinski definition) is 1. The second-order valence-electron chi connectivity index (χ2n) is 3.01. The third-order valence-corrected chi connectivity index (χ3v) is 3.16. The maximum atomic E-state index is 11.2. The summed E-state index contributed by atoms with van der Waals surface area (Å²) >= 11 is 3.31. The lowest BCUT2D eigenvalue weighted by Gasteiger charge is -2.27. The van der Waals surface area contributed by atoms with Crippen molar-refractivity contribution in [1.29, 1.82) is 0 Å². The molecule has 1 atom stereocenters. The van der Waals surface area contributed by atoms with Crippen molar-refractivity contribution in [2.45, 2.75) is 43.5 Å². The van der Waals surface area contributed by atoms with Crippen molar-refractivity contribution in [2.24, 2.45) is 0 Å². The van der Waals surface area contributed by atoms with Crippen molar-refractivity contribution in [3.63, 3.8) is 0 Å². The van der Waals surface area contributed by atoms with Gasteiger partial charge in [0, 0.05) is 6.04 Å². The number of rotatable bonds is 3. The Labute approximate surface area is 75.9 Å². The van der Waals surface area contributed by atoms with Gasteiger partial charge in [-0.2, -0.15) is 0 Å². The van der Waals surface area contributed by atoms with Crippen LogP contribution in [0.4, 0.5) is 0 Å². The SMILES string of the molecule is CCC(Br)C(=O)NC1CCC1. The summed E-state index contributed by atoms with van der Waals surface area (Å²) in [7, 11) is 0. The Kier molecular flexibility index (Phi) is 3.37. The van der Waals surface area contributed by atoms with Crippen LogP contribution in [0.15, 0.2) is 0 Å². The number of alkyl halides is 1. The van der Waals surface area contributed by atoms with Crippen LogP contribution < -0.4 is 5.32 Å². The standard InChI is InChI=1S/C8H14BrNO/c1-2-7(9)8(11)10-6-4-3-5-6/h6-7H,2-5H2,1H3,(H,10,11). The summed E-state index contributed by atoms with van der Waals surface area (Å²) < 4.78 is 0. The molecule has 64 valence electrons. The molecule has 3 heteroatoms. The first-order valence-corrected chi connectivity index (χ1v) is 5.10. The average molecular weight is 220 g/mol. The van der Waals surface area contributed by atoms with Gasteiger partial charge in [-0.3, -0.25) is 4.79 Å². The average Bonchev–Trinajstić information content (AvgIpc) is 1.94. The Morgan fingerprint density at radius 1 is 1.73 bits per heavy atom. The summed E-state index contributed by atoms with van der Waals surface area (Å²) in [6.45, 7) is 2.00. The number of halogens is 1. The monoisotopic (exact) mass is 219 g/mol. The van der Waals surface area contributed by atoms with Gasteiger partial charge in [-0.05, 0) is 25.7 Å². The fraction of sp³-hybridized carbons (Fsp3) is 0.875. The minimum Gasteiger partial charge on any atom is -0.352 e. The second-order valence-corrected chi connectivity index (χ2v) is 4.12. The highest BCUT2D eigenvalue weighted by Gasteiger charge is 2.21. The Bertz CT molecular complexity index is 145. The molecule has 1 saturated carbocycles. The first kappa shape index (κ1) is 9.04. The van der Waals surface area contributed by atoms with Crippen LogP contribution in [0.1, 0.15) is 32.6 Å². The molecule has 1 aliphatic carbocycles. The van der Waals surface area contributed by atoms with Gasteiger partial charge >= 0.3 is 0 Å². The van der Waals surface area contributed by atoms with Crippen LogP contribution in [0.25, 0.3) is 0 Å². The zero-order chi connectivity index (χ0) is 8.27. The van der Waals surface area contributed by atoms with Gasteiger partial charge < -0.3 is 5.32 Å². The predicted molar refractivity (Wildman–Crippen MR) is 48.8 cm³/mol. The van der Waals surface area contributed by atoms with Gasteiger partial charge in [-0.15, -0.1) is 0 Å². The van der Waals surface area contributed by atoms with Crippen LogP contribution in [-0.4, -0.2) is 16.8 Å². The Morgan fingerprint density at radius 3 is 2.73 bits per heavy atom. The molecule has 1 aliphatic rings. The summed E-state index contributed by atoms with van der Waals surface area (Å²) in [6, 6.07) is 0.467. The lowest BCUT2D eigenvalue weighted by Crippen LogP contribution is -2.42. The summed E-state index contributed by atoms with van der Waals surface area (Å²) in [5.41, 5.74) is 0. The minimum absolute atomic E-state index is 0.00287. The van der Waals surface area contributed by atoms with Gasteiger partial charge in [-0.1, -0.05) is 22.9 Å². The van der Waals surface area contributed by atoms with Gasteiger partial charge in [0.25, 0.3) is 0 Å². The van der Waals surface area contributed by atoms with E-state index in [4.69, 9.17) is 0 Å². The molecule has 1 amide bonds. The van der Waals surface area contributed by atoms with Crippen LogP contribution in [0.5, 0.6) is 0 Å².